The number of anilines is 1. The molecule has 0 saturated carbocycles. The van der Waals surface area contributed by atoms with Crippen LogP contribution in [-0.2, 0) is 9.53 Å². The summed E-state index contributed by atoms with van der Waals surface area (Å²) in [5, 5.41) is 15.3. The molecule has 1 fully saturated rings. The molecule has 0 aliphatic carbocycles. The summed E-state index contributed by atoms with van der Waals surface area (Å²) in [6.45, 7) is 7.14. The lowest BCUT2D eigenvalue weighted by molar-refractivity contribution is -0.137. The fraction of sp³-hybridized carbons (Fsp3) is 0.435. The second-order valence-corrected chi connectivity index (χ2v) is 8.16. The Balaban J connectivity index is 1.80. The highest BCUT2D eigenvalue weighted by molar-refractivity contribution is 6.12. The minimum absolute atomic E-state index is 0.162. The van der Waals surface area contributed by atoms with Gasteiger partial charge in [-0.3, -0.25) is 4.79 Å². The number of amides is 1. The van der Waals surface area contributed by atoms with Crippen molar-refractivity contribution in [1.82, 2.24) is 4.57 Å². The van der Waals surface area contributed by atoms with Crippen molar-refractivity contribution in [2.24, 2.45) is 5.41 Å². The van der Waals surface area contributed by atoms with Crippen molar-refractivity contribution < 1.29 is 14.6 Å². The van der Waals surface area contributed by atoms with E-state index >= 15 is 0 Å². The molecule has 2 heterocycles. The van der Waals surface area contributed by atoms with Crippen molar-refractivity contribution in [3.05, 3.63) is 42.0 Å². The first-order chi connectivity index (χ1) is 13.5. The third kappa shape index (κ3) is 2.90. The molecule has 0 radical (unpaired) electrons. The zero-order valence-electron chi connectivity index (χ0n) is 16.8. The van der Waals surface area contributed by atoms with Crippen LogP contribution in [0.15, 0.2) is 36.4 Å². The lowest BCUT2D eigenvalue weighted by atomic mass is 9.82. The van der Waals surface area contributed by atoms with E-state index < -0.39 is 5.41 Å². The number of fused-ring (bicyclic) bond motifs is 3. The summed E-state index contributed by atoms with van der Waals surface area (Å²) < 4.78 is 7.84. The van der Waals surface area contributed by atoms with Gasteiger partial charge in [0.05, 0.1) is 18.6 Å². The number of benzene rings is 2. The van der Waals surface area contributed by atoms with Gasteiger partial charge in [-0.2, -0.15) is 0 Å². The maximum atomic E-state index is 13.0. The monoisotopic (exact) mass is 380 g/mol. The SMILES string of the molecule is Cc1c(NC(=O)C2(CO)CCCOC2)ccc2c1c1ccccc1n2C(C)C. The summed E-state index contributed by atoms with van der Waals surface area (Å²) >= 11 is 0. The highest BCUT2D eigenvalue weighted by Crippen LogP contribution is 2.37. The number of nitrogens with zero attached hydrogens (tertiary/aromatic N) is 1. The summed E-state index contributed by atoms with van der Waals surface area (Å²) in [4.78, 5) is 13.0. The first kappa shape index (κ1) is 19.0. The average Bonchev–Trinajstić information content (AvgIpc) is 3.05. The van der Waals surface area contributed by atoms with E-state index in [1.165, 1.54) is 21.8 Å². The minimum atomic E-state index is -0.856. The number of nitrogens with one attached hydrogen (secondary N) is 1. The molecular weight excluding hydrogens is 352 g/mol. The van der Waals surface area contributed by atoms with Gasteiger partial charge in [0.15, 0.2) is 0 Å². The third-order valence-electron chi connectivity index (χ3n) is 6.01. The molecule has 4 rings (SSSR count). The van der Waals surface area contributed by atoms with Gasteiger partial charge in [-0.05, 0) is 57.4 Å². The van der Waals surface area contributed by atoms with Crippen LogP contribution in [0.4, 0.5) is 5.69 Å². The fourth-order valence-electron chi connectivity index (χ4n) is 4.44. The molecule has 148 valence electrons. The number of hydrogen-bond donors (Lipinski definition) is 2. The van der Waals surface area contributed by atoms with E-state index in [-0.39, 0.29) is 19.1 Å². The normalized spacial score (nSPS) is 20.2. The van der Waals surface area contributed by atoms with Crippen molar-refractivity contribution in [3.63, 3.8) is 0 Å². The number of para-hydroxylation sites is 1. The van der Waals surface area contributed by atoms with Crippen LogP contribution >= 0.6 is 0 Å². The molecule has 1 aliphatic rings. The van der Waals surface area contributed by atoms with Gasteiger partial charge in [0.1, 0.15) is 0 Å². The molecule has 0 bridgehead atoms. The molecule has 1 unspecified atom stereocenters. The lowest BCUT2D eigenvalue weighted by Crippen LogP contribution is -2.45. The number of aliphatic hydroxyl groups is 1. The predicted octanol–water partition coefficient (Wildman–Crippen LogP) is 4.41. The number of aliphatic hydroxyl groups excluding tert-OH is 1. The molecule has 2 aromatic carbocycles. The molecule has 1 atom stereocenters. The van der Waals surface area contributed by atoms with Crippen LogP contribution in [0.25, 0.3) is 21.8 Å². The lowest BCUT2D eigenvalue weighted by Gasteiger charge is -2.34. The zero-order valence-corrected chi connectivity index (χ0v) is 16.8. The number of hydrogen-bond acceptors (Lipinski definition) is 3. The topological polar surface area (TPSA) is 63.5 Å². The number of carbonyl (C=O) groups is 1. The Bertz CT molecular complexity index is 1030. The van der Waals surface area contributed by atoms with Crippen LogP contribution in [0, 0.1) is 12.3 Å². The maximum Gasteiger partial charge on any atom is 0.235 e. The smallest absolute Gasteiger partial charge is 0.235 e. The number of aryl methyl sites for hydroxylation is 1. The summed E-state index contributed by atoms with van der Waals surface area (Å²) in [6, 6.07) is 12.8. The largest absolute Gasteiger partial charge is 0.395 e. The van der Waals surface area contributed by atoms with Crippen LogP contribution in [-0.4, -0.2) is 35.4 Å². The molecule has 0 spiro atoms. The molecule has 2 N–H and O–H groups in total. The molecular formula is C23H28N2O3. The van der Waals surface area contributed by atoms with Gasteiger partial charge in [0.2, 0.25) is 5.91 Å². The van der Waals surface area contributed by atoms with E-state index in [4.69, 9.17) is 4.74 Å². The Labute approximate surface area is 165 Å². The van der Waals surface area contributed by atoms with Gasteiger partial charge in [0, 0.05) is 40.1 Å². The van der Waals surface area contributed by atoms with Crippen LogP contribution in [0.3, 0.4) is 0 Å². The first-order valence-electron chi connectivity index (χ1n) is 10.0. The van der Waals surface area contributed by atoms with E-state index in [2.05, 4.69) is 61.0 Å². The number of rotatable bonds is 4. The van der Waals surface area contributed by atoms with Gasteiger partial charge >= 0.3 is 0 Å². The average molecular weight is 380 g/mol. The summed E-state index contributed by atoms with van der Waals surface area (Å²) in [7, 11) is 0. The summed E-state index contributed by atoms with van der Waals surface area (Å²) in [5.41, 5.74) is 3.36. The first-order valence-corrected chi connectivity index (χ1v) is 10.0. The molecule has 3 aromatic rings. The van der Waals surface area contributed by atoms with Gasteiger partial charge in [-0.15, -0.1) is 0 Å². The number of aromatic nitrogens is 1. The van der Waals surface area contributed by atoms with Gasteiger partial charge in [0.25, 0.3) is 0 Å². The van der Waals surface area contributed by atoms with Crippen molar-refractivity contribution in [3.8, 4) is 0 Å². The Hall–Kier alpha value is -2.37. The van der Waals surface area contributed by atoms with E-state index in [0.29, 0.717) is 19.1 Å². The predicted molar refractivity (Wildman–Crippen MR) is 113 cm³/mol. The molecule has 1 amide bonds. The molecule has 1 aromatic heterocycles. The van der Waals surface area contributed by atoms with E-state index in [1.54, 1.807) is 0 Å². The van der Waals surface area contributed by atoms with Crippen molar-refractivity contribution in [2.45, 2.75) is 39.7 Å². The Morgan fingerprint density at radius 2 is 2.04 bits per heavy atom. The molecule has 28 heavy (non-hydrogen) atoms. The molecule has 1 aliphatic heterocycles. The third-order valence-corrected chi connectivity index (χ3v) is 6.01. The summed E-state index contributed by atoms with van der Waals surface area (Å²) in [6.07, 6.45) is 1.43. The van der Waals surface area contributed by atoms with E-state index in [9.17, 15) is 9.90 Å². The zero-order chi connectivity index (χ0) is 19.9. The number of carbonyl (C=O) groups excluding carboxylic acids is 1. The molecule has 5 heteroatoms. The van der Waals surface area contributed by atoms with Crippen LogP contribution in [0.5, 0.6) is 0 Å². The van der Waals surface area contributed by atoms with Crippen LogP contribution in [0.2, 0.25) is 0 Å². The van der Waals surface area contributed by atoms with Crippen LogP contribution < -0.4 is 5.32 Å². The fourth-order valence-corrected chi connectivity index (χ4v) is 4.44. The van der Waals surface area contributed by atoms with Crippen LogP contribution in [0.1, 0.15) is 38.3 Å². The quantitative estimate of drug-likeness (QED) is 0.705. The van der Waals surface area contributed by atoms with Gasteiger partial charge in [-0.25, -0.2) is 0 Å². The van der Waals surface area contributed by atoms with Crippen molar-refractivity contribution in [1.29, 1.82) is 0 Å². The van der Waals surface area contributed by atoms with Crippen molar-refractivity contribution in [2.75, 3.05) is 25.1 Å². The molecule has 5 nitrogen and oxygen atoms in total. The van der Waals surface area contributed by atoms with E-state index in [1.807, 2.05) is 6.07 Å². The number of ether oxygens (including phenoxy) is 1. The van der Waals surface area contributed by atoms with Gasteiger partial charge < -0.3 is 19.7 Å². The second kappa shape index (κ2) is 7.22. The maximum absolute atomic E-state index is 13.0. The Morgan fingerprint density at radius 1 is 1.25 bits per heavy atom. The highest BCUT2D eigenvalue weighted by Gasteiger charge is 2.40. The Morgan fingerprint density at radius 3 is 2.71 bits per heavy atom. The van der Waals surface area contributed by atoms with E-state index in [0.717, 1.165) is 17.7 Å². The Kier molecular flexibility index (Phi) is 4.89. The summed E-state index contributed by atoms with van der Waals surface area (Å²) in [5.74, 6) is -0.162. The highest BCUT2D eigenvalue weighted by atomic mass is 16.5. The molecule has 1 saturated heterocycles. The minimum Gasteiger partial charge on any atom is -0.395 e. The van der Waals surface area contributed by atoms with Gasteiger partial charge in [-0.1, -0.05) is 18.2 Å². The van der Waals surface area contributed by atoms with Crippen molar-refractivity contribution >= 4 is 33.4 Å². The second-order valence-electron chi connectivity index (χ2n) is 8.16. The standard InChI is InChI=1S/C23H28N2O3/c1-15(2)25-19-8-5-4-7-17(19)21-16(3)18(9-10-20(21)25)24-22(27)23(13-26)11-6-12-28-14-23/h4-5,7-10,15,26H,6,11-14H2,1-3H3,(H,24,27).